The van der Waals surface area contributed by atoms with Gasteiger partial charge < -0.3 is 9.47 Å². The highest BCUT2D eigenvalue weighted by atomic mass is 35.5. The van der Waals surface area contributed by atoms with Crippen LogP contribution in [0.4, 0.5) is 5.69 Å². The predicted octanol–water partition coefficient (Wildman–Crippen LogP) is 3.31. The van der Waals surface area contributed by atoms with E-state index in [1.807, 2.05) is 0 Å². The zero-order valence-corrected chi connectivity index (χ0v) is 13.8. The van der Waals surface area contributed by atoms with E-state index < -0.39 is 11.8 Å². The van der Waals surface area contributed by atoms with Crippen LogP contribution in [0.1, 0.15) is 5.56 Å². The van der Waals surface area contributed by atoms with Gasteiger partial charge in [0, 0.05) is 16.7 Å². The van der Waals surface area contributed by atoms with Crippen LogP contribution in [0, 0.1) is 0 Å². The summed E-state index contributed by atoms with van der Waals surface area (Å²) in [7, 11) is 2.99. The second-order valence-corrected chi connectivity index (χ2v) is 5.49. The first-order chi connectivity index (χ1) is 11.6. The number of ether oxygens (including phenoxy) is 2. The standard InChI is InChI=1S/C18H14ClNO4/c1-23-15-8-4-7-13(17(15)24-2)14-10-16(21)20(18(14)22)12-6-3-5-11(19)9-12/h3-10H,1-2H3. The Labute approximate surface area is 144 Å². The zero-order chi connectivity index (χ0) is 17.3. The molecule has 3 rings (SSSR count). The third kappa shape index (κ3) is 2.63. The van der Waals surface area contributed by atoms with Gasteiger partial charge in [0.1, 0.15) is 0 Å². The van der Waals surface area contributed by atoms with Gasteiger partial charge in [0.15, 0.2) is 11.5 Å². The summed E-state index contributed by atoms with van der Waals surface area (Å²) in [5, 5.41) is 0.445. The van der Waals surface area contributed by atoms with Crippen LogP contribution in [-0.4, -0.2) is 26.0 Å². The Kier molecular flexibility index (Phi) is 4.27. The van der Waals surface area contributed by atoms with E-state index in [4.69, 9.17) is 21.1 Å². The van der Waals surface area contributed by atoms with Crippen molar-refractivity contribution >= 4 is 34.7 Å². The number of benzene rings is 2. The molecule has 6 heteroatoms. The molecular weight excluding hydrogens is 330 g/mol. The van der Waals surface area contributed by atoms with E-state index in [1.165, 1.54) is 20.3 Å². The van der Waals surface area contributed by atoms with Gasteiger partial charge in [-0.25, -0.2) is 4.90 Å². The summed E-state index contributed by atoms with van der Waals surface area (Å²) in [6.07, 6.45) is 1.29. The molecule has 2 amide bonds. The van der Waals surface area contributed by atoms with Crippen molar-refractivity contribution in [2.75, 3.05) is 19.1 Å². The average molecular weight is 344 g/mol. The van der Waals surface area contributed by atoms with E-state index in [0.717, 1.165) is 4.90 Å². The van der Waals surface area contributed by atoms with Gasteiger partial charge in [-0.3, -0.25) is 9.59 Å². The Bertz CT molecular complexity index is 860. The zero-order valence-electron chi connectivity index (χ0n) is 13.1. The number of methoxy groups -OCH3 is 2. The van der Waals surface area contributed by atoms with Crippen LogP contribution < -0.4 is 14.4 Å². The number of imide groups is 1. The molecule has 0 N–H and O–H groups in total. The van der Waals surface area contributed by atoms with Crippen molar-refractivity contribution in [2.45, 2.75) is 0 Å². The summed E-state index contributed by atoms with van der Waals surface area (Å²) in [5.41, 5.74) is 1.17. The lowest BCUT2D eigenvalue weighted by Crippen LogP contribution is -2.30. The SMILES string of the molecule is COc1cccc(C2=CC(=O)N(c3cccc(Cl)c3)C2=O)c1OC. The molecule has 1 heterocycles. The van der Waals surface area contributed by atoms with Crippen molar-refractivity contribution in [1.29, 1.82) is 0 Å². The average Bonchev–Trinajstić information content (AvgIpc) is 2.88. The molecule has 0 fully saturated rings. The van der Waals surface area contributed by atoms with Gasteiger partial charge in [-0.2, -0.15) is 0 Å². The summed E-state index contributed by atoms with van der Waals surface area (Å²) in [4.78, 5) is 26.2. The van der Waals surface area contributed by atoms with Crippen molar-refractivity contribution < 1.29 is 19.1 Å². The Hall–Kier alpha value is -2.79. The Balaban J connectivity index is 2.05. The summed E-state index contributed by atoms with van der Waals surface area (Å²) in [6.45, 7) is 0. The fourth-order valence-corrected chi connectivity index (χ4v) is 2.81. The van der Waals surface area contributed by atoms with Gasteiger partial charge in [-0.05, 0) is 24.3 Å². The van der Waals surface area contributed by atoms with Crippen LogP contribution in [0.2, 0.25) is 5.02 Å². The molecule has 5 nitrogen and oxygen atoms in total. The first-order valence-electron chi connectivity index (χ1n) is 7.14. The third-order valence-corrected chi connectivity index (χ3v) is 3.92. The van der Waals surface area contributed by atoms with E-state index in [-0.39, 0.29) is 5.57 Å². The highest BCUT2D eigenvalue weighted by Crippen LogP contribution is 2.38. The lowest BCUT2D eigenvalue weighted by atomic mass is 10.0. The van der Waals surface area contributed by atoms with Crippen LogP contribution in [0.15, 0.2) is 48.5 Å². The van der Waals surface area contributed by atoms with Crippen LogP contribution in [0.5, 0.6) is 11.5 Å². The van der Waals surface area contributed by atoms with Gasteiger partial charge in [0.25, 0.3) is 11.8 Å². The highest BCUT2D eigenvalue weighted by Gasteiger charge is 2.34. The van der Waals surface area contributed by atoms with Crippen molar-refractivity contribution in [3.05, 3.63) is 59.1 Å². The summed E-state index contributed by atoms with van der Waals surface area (Å²) < 4.78 is 10.6. The van der Waals surface area contributed by atoms with E-state index in [2.05, 4.69) is 0 Å². The second-order valence-electron chi connectivity index (χ2n) is 5.06. The topological polar surface area (TPSA) is 55.8 Å². The molecule has 0 radical (unpaired) electrons. The maximum atomic E-state index is 12.8. The van der Waals surface area contributed by atoms with Gasteiger partial charge in [-0.15, -0.1) is 0 Å². The van der Waals surface area contributed by atoms with Gasteiger partial charge in [0.2, 0.25) is 0 Å². The lowest BCUT2D eigenvalue weighted by Gasteiger charge is -2.16. The van der Waals surface area contributed by atoms with Crippen LogP contribution in [0.25, 0.3) is 5.57 Å². The van der Waals surface area contributed by atoms with Gasteiger partial charge >= 0.3 is 0 Å². The molecule has 0 bridgehead atoms. The molecule has 0 saturated heterocycles. The van der Waals surface area contributed by atoms with E-state index in [0.29, 0.717) is 27.8 Å². The normalized spacial score (nSPS) is 14.0. The number of nitrogens with zero attached hydrogens (tertiary/aromatic N) is 1. The van der Waals surface area contributed by atoms with Crippen LogP contribution in [0.3, 0.4) is 0 Å². The number of hydrogen-bond donors (Lipinski definition) is 0. The van der Waals surface area contributed by atoms with Crippen LogP contribution in [-0.2, 0) is 9.59 Å². The maximum Gasteiger partial charge on any atom is 0.266 e. The highest BCUT2D eigenvalue weighted by molar-refractivity contribution is 6.44. The largest absolute Gasteiger partial charge is 0.493 e. The minimum absolute atomic E-state index is 0.246. The van der Waals surface area contributed by atoms with E-state index in [9.17, 15) is 9.59 Å². The molecule has 0 spiro atoms. The molecule has 0 saturated carbocycles. The molecule has 0 aliphatic carbocycles. The minimum atomic E-state index is -0.436. The predicted molar refractivity (Wildman–Crippen MR) is 91.5 cm³/mol. The minimum Gasteiger partial charge on any atom is -0.493 e. The number of hydrogen-bond acceptors (Lipinski definition) is 4. The molecule has 1 aliphatic rings. The maximum absolute atomic E-state index is 12.8. The number of amides is 2. The number of anilines is 1. The number of halogens is 1. The number of carbonyl (C=O) groups excluding carboxylic acids is 2. The third-order valence-electron chi connectivity index (χ3n) is 3.68. The first kappa shape index (κ1) is 16.1. The van der Waals surface area contributed by atoms with Crippen molar-refractivity contribution in [1.82, 2.24) is 0 Å². The molecule has 24 heavy (non-hydrogen) atoms. The number of para-hydroxylation sites is 1. The molecular formula is C18H14ClNO4. The van der Waals surface area contributed by atoms with Gasteiger partial charge in [0.05, 0.1) is 25.5 Å². The molecule has 2 aromatic rings. The van der Waals surface area contributed by atoms with Crippen LogP contribution >= 0.6 is 11.6 Å². The quantitative estimate of drug-likeness (QED) is 0.799. The summed E-state index contributed by atoms with van der Waals surface area (Å²) >= 11 is 5.96. The first-order valence-corrected chi connectivity index (χ1v) is 7.51. The molecule has 1 aliphatic heterocycles. The Morgan fingerprint density at radius 1 is 1.00 bits per heavy atom. The fourth-order valence-electron chi connectivity index (χ4n) is 2.62. The molecule has 0 unspecified atom stereocenters. The van der Waals surface area contributed by atoms with E-state index >= 15 is 0 Å². The van der Waals surface area contributed by atoms with Crippen molar-refractivity contribution in [3.8, 4) is 11.5 Å². The summed E-state index contributed by atoms with van der Waals surface area (Å²) in [6, 6.07) is 11.7. The second kappa shape index (κ2) is 6.37. The molecule has 0 atom stereocenters. The molecule has 122 valence electrons. The Morgan fingerprint density at radius 2 is 1.75 bits per heavy atom. The fraction of sp³-hybridized carbons (Fsp3) is 0.111. The molecule has 2 aromatic carbocycles. The number of carbonyl (C=O) groups is 2. The summed E-state index contributed by atoms with van der Waals surface area (Å²) in [5.74, 6) is 0.0219. The van der Waals surface area contributed by atoms with E-state index in [1.54, 1.807) is 42.5 Å². The van der Waals surface area contributed by atoms with Gasteiger partial charge in [-0.1, -0.05) is 29.8 Å². The van der Waals surface area contributed by atoms with Crippen molar-refractivity contribution in [3.63, 3.8) is 0 Å². The number of rotatable bonds is 4. The lowest BCUT2D eigenvalue weighted by molar-refractivity contribution is -0.119. The van der Waals surface area contributed by atoms with Crippen molar-refractivity contribution in [2.24, 2.45) is 0 Å². The monoisotopic (exact) mass is 343 g/mol. The smallest absolute Gasteiger partial charge is 0.266 e. The Morgan fingerprint density at radius 3 is 2.42 bits per heavy atom. The molecule has 0 aromatic heterocycles.